The fraction of sp³-hybridized carbons (Fsp3) is 0.400. The molecule has 1 N–H and O–H groups in total. The zero-order chi connectivity index (χ0) is 11.7. The summed E-state index contributed by atoms with van der Waals surface area (Å²) in [4.78, 5) is 0. The minimum absolute atomic E-state index is 0.00493. The van der Waals surface area contributed by atoms with E-state index in [4.69, 9.17) is 0 Å². The molecule has 0 amide bonds. The summed E-state index contributed by atoms with van der Waals surface area (Å²) in [7, 11) is 0. The van der Waals surface area contributed by atoms with Crippen LogP contribution in [0.4, 0.5) is 8.78 Å². The van der Waals surface area contributed by atoms with Crippen molar-refractivity contribution < 1.29 is 18.6 Å². The summed E-state index contributed by atoms with van der Waals surface area (Å²) >= 11 is 3.17. The summed E-state index contributed by atoms with van der Waals surface area (Å²) in [5.74, 6) is 0.00493. The topological polar surface area (TPSA) is 29.5 Å². The molecule has 0 bridgehead atoms. The fourth-order valence-corrected chi connectivity index (χ4v) is 1.04. The van der Waals surface area contributed by atoms with Gasteiger partial charge in [0.05, 0.1) is 0 Å². The summed E-state index contributed by atoms with van der Waals surface area (Å²) in [5.41, 5.74) is -2.22. The van der Waals surface area contributed by atoms with Gasteiger partial charge in [-0.3, -0.25) is 0 Å². The van der Waals surface area contributed by atoms with Crippen molar-refractivity contribution in [3.8, 4) is 5.75 Å². The number of aliphatic hydroxyl groups is 1. The maximum absolute atomic E-state index is 13.2. The van der Waals surface area contributed by atoms with E-state index >= 15 is 0 Å². The van der Waals surface area contributed by atoms with Gasteiger partial charge in [-0.15, -0.1) is 0 Å². The Bertz CT molecular complexity index is 330. The molecular weight excluding hydrogens is 270 g/mol. The van der Waals surface area contributed by atoms with Crippen molar-refractivity contribution in [3.05, 3.63) is 28.7 Å². The van der Waals surface area contributed by atoms with Crippen molar-refractivity contribution in [3.63, 3.8) is 0 Å². The van der Waals surface area contributed by atoms with Crippen molar-refractivity contribution >= 4 is 15.9 Å². The molecule has 0 aliphatic carbocycles. The molecule has 1 rings (SSSR count). The molecule has 0 spiro atoms. The summed E-state index contributed by atoms with van der Waals surface area (Å²) in [6.45, 7) is 1.98. The Morgan fingerprint density at radius 3 is 2.07 bits per heavy atom. The van der Waals surface area contributed by atoms with Crippen LogP contribution in [0.15, 0.2) is 28.7 Å². The van der Waals surface area contributed by atoms with Crippen LogP contribution in [0.2, 0.25) is 0 Å². The summed E-state index contributed by atoms with van der Waals surface area (Å²) < 4.78 is 31.6. The molecule has 0 radical (unpaired) electrons. The van der Waals surface area contributed by atoms with E-state index in [-0.39, 0.29) is 5.75 Å². The molecule has 0 aromatic heterocycles. The lowest BCUT2D eigenvalue weighted by Gasteiger charge is -2.28. The van der Waals surface area contributed by atoms with Gasteiger partial charge in [-0.25, -0.2) is 0 Å². The number of ether oxygens (including phenoxy) is 1. The Morgan fingerprint density at radius 2 is 1.67 bits per heavy atom. The van der Waals surface area contributed by atoms with E-state index in [1.165, 1.54) is 12.1 Å². The van der Waals surface area contributed by atoms with E-state index < -0.39 is 11.7 Å². The van der Waals surface area contributed by atoms with Gasteiger partial charge in [-0.1, -0.05) is 15.9 Å². The predicted molar refractivity (Wildman–Crippen MR) is 56.0 cm³/mol. The number of alkyl halides is 2. The second-order valence-electron chi connectivity index (χ2n) is 3.63. The van der Waals surface area contributed by atoms with E-state index in [0.29, 0.717) is 0 Å². The third kappa shape index (κ3) is 3.14. The van der Waals surface area contributed by atoms with Crippen LogP contribution in [-0.4, -0.2) is 16.8 Å². The first-order valence-electron chi connectivity index (χ1n) is 4.27. The zero-order valence-electron chi connectivity index (χ0n) is 8.30. The Labute approximate surface area is 95.0 Å². The van der Waals surface area contributed by atoms with Gasteiger partial charge in [0, 0.05) is 4.47 Å². The van der Waals surface area contributed by atoms with Gasteiger partial charge in [0.25, 0.3) is 0 Å². The highest BCUT2D eigenvalue weighted by Gasteiger charge is 2.48. The molecule has 15 heavy (non-hydrogen) atoms. The minimum Gasteiger partial charge on any atom is -0.430 e. The number of hydrogen-bond donors (Lipinski definition) is 1. The van der Waals surface area contributed by atoms with Crippen molar-refractivity contribution in [1.29, 1.82) is 0 Å². The molecule has 0 heterocycles. The van der Waals surface area contributed by atoms with Crippen LogP contribution in [-0.2, 0) is 0 Å². The largest absolute Gasteiger partial charge is 0.430 e. The van der Waals surface area contributed by atoms with Crippen molar-refractivity contribution in [2.24, 2.45) is 0 Å². The number of halogens is 3. The van der Waals surface area contributed by atoms with Crippen molar-refractivity contribution in [2.45, 2.75) is 25.6 Å². The van der Waals surface area contributed by atoms with Crippen LogP contribution >= 0.6 is 15.9 Å². The van der Waals surface area contributed by atoms with Gasteiger partial charge in [-0.05, 0) is 38.1 Å². The molecule has 1 aromatic rings. The van der Waals surface area contributed by atoms with E-state index in [0.717, 1.165) is 18.3 Å². The smallest absolute Gasteiger partial charge is 0.426 e. The predicted octanol–water partition coefficient (Wildman–Crippen LogP) is 3.19. The maximum Gasteiger partial charge on any atom is 0.426 e. The molecule has 0 aliphatic heterocycles. The van der Waals surface area contributed by atoms with E-state index in [9.17, 15) is 13.9 Å². The molecule has 84 valence electrons. The molecule has 0 unspecified atom stereocenters. The third-order valence-electron chi connectivity index (χ3n) is 1.77. The van der Waals surface area contributed by atoms with Crippen molar-refractivity contribution in [1.82, 2.24) is 0 Å². The van der Waals surface area contributed by atoms with Crippen LogP contribution < -0.4 is 4.74 Å². The molecule has 0 aliphatic rings. The first kappa shape index (κ1) is 12.4. The quantitative estimate of drug-likeness (QED) is 0.922. The summed E-state index contributed by atoms with van der Waals surface area (Å²) in [5, 5.41) is 9.18. The fourth-order valence-electron chi connectivity index (χ4n) is 0.776. The van der Waals surface area contributed by atoms with Gasteiger partial charge in [-0.2, -0.15) is 8.78 Å². The number of benzene rings is 1. The van der Waals surface area contributed by atoms with Crippen LogP contribution in [0.25, 0.3) is 0 Å². The highest BCUT2D eigenvalue weighted by molar-refractivity contribution is 9.10. The molecule has 1 aromatic carbocycles. The van der Waals surface area contributed by atoms with Crippen LogP contribution in [0.3, 0.4) is 0 Å². The lowest BCUT2D eigenvalue weighted by molar-refractivity contribution is -0.276. The average Bonchev–Trinajstić information content (AvgIpc) is 2.06. The van der Waals surface area contributed by atoms with Crippen LogP contribution in [0.1, 0.15) is 13.8 Å². The van der Waals surface area contributed by atoms with E-state index in [2.05, 4.69) is 20.7 Å². The summed E-state index contributed by atoms with van der Waals surface area (Å²) in [6, 6.07) is 5.94. The minimum atomic E-state index is -3.62. The second-order valence-corrected chi connectivity index (χ2v) is 4.55. The molecule has 5 heteroatoms. The average molecular weight is 281 g/mol. The highest BCUT2D eigenvalue weighted by Crippen LogP contribution is 2.31. The molecule has 0 fully saturated rings. The van der Waals surface area contributed by atoms with Gasteiger partial charge in [0.2, 0.25) is 0 Å². The maximum atomic E-state index is 13.2. The number of hydrogen-bond acceptors (Lipinski definition) is 2. The monoisotopic (exact) mass is 280 g/mol. The highest BCUT2D eigenvalue weighted by atomic mass is 79.9. The lowest BCUT2D eigenvalue weighted by Crippen LogP contribution is -2.47. The normalized spacial score (nSPS) is 12.7. The molecule has 2 nitrogen and oxygen atoms in total. The van der Waals surface area contributed by atoms with Gasteiger partial charge in [0.1, 0.15) is 5.75 Å². The zero-order valence-corrected chi connectivity index (χ0v) is 9.88. The molecular formula is C10H11BrF2O2. The second kappa shape index (κ2) is 4.06. The number of rotatable bonds is 3. The lowest BCUT2D eigenvalue weighted by atomic mass is 10.1. The first-order valence-corrected chi connectivity index (χ1v) is 5.06. The Morgan fingerprint density at radius 1 is 1.20 bits per heavy atom. The standard InChI is InChI=1S/C10H11BrF2O2/c1-9(2,14)10(12,13)15-8-5-3-7(11)4-6-8/h3-6,14H,1-2H3. The van der Waals surface area contributed by atoms with Crippen molar-refractivity contribution in [2.75, 3.05) is 0 Å². The van der Waals surface area contributed by atoms with Gasteiger partial charge >= 0.3 is 6.11 Å². The third-order valence-corrected chi connectivity index (χ3v) is 2.30. The van der Waals surface area contributed by atoms with Crippen LogP contribution in [0, 0.1) is 0 Å². The Hall–Kier alpha value is -0.680. The van der Waals surface area contributed by atoms with E-state index in [1.807, 2.05) is 0 Å². The first-order chi connectivity index (χ1) is 6.72. The molecule has 0 saturated carbocycles. The molecule has 0 atom stereocenters. The van der Waals surface area contributed by atoms with E-state index in [1.54, 1.807) is 12.1 Å². The SMILES string of the molecule is CC(C)(O)C(F)(F)Oc1ccc(Br)cc1. The van der Waals surface area contributed by atoms with Crippen LogP contribution in [0.5, 0.6) is 5.75 Å². The molecule has 0 saturated heterocycles. The van der Waals surface area contributed by atoms with Gasteiger partial charge < -0.3 is 9.84 Å². The Balaban J connectivity index is 2.82. The van der Waals surface area contributed by atoms with Gasteiger partial charge in [0.15, 0.2) is 5.60 Å². The Kier molecular flexibility index (Phi) is 3.35. The summed E-state index contributed by atoms with van der Waals surface area (Å²) in [6.07, 6.45) is -3.62.